The number of nitrogens with one attached hydrogen (secondary N) is 1. The van der Waals surface area contributed by atoms with Crippen molar-refractivity contribution in [3.63, 3.8) is 0 Å². The van der Waals surface area contributed by atoms with Crippen molar-refractivity contribution in [3.8, 4) is 11.3 Å². The number of nitrogen functional groups attached to an aromatic ring is 1. The van der Waals surface area contributed by atoms with Crippen molar-refractivity contribution in [2.45, 2.75) is 37.8 Å². The molecule has 1 aliphatic rings. The highest BCUT2D eigenvalue weighted by molar-refractivity contribution is 5.97. The van der Waals surface area contributed by atoms with Gasteiger partial charge in [-0.1, -0.05) is 12.1 Å². The number of aliphatic hydroxyl groups is 2. The molecule has 2 atom stereocenters. The van der Waals surface area contributed by atoms with Gasteiger partial charge in [0.25, 0.3) is 12.3 Å². The molecule has 0 radical (unpaired) electrons. The van der Waals surface area contributed by atoms with E-state index in [2.05, 4.69) is 15.3 Å². The van der Waals surface area contributed by atoms with E-state index < -0.39 is 30.1 Å². The van der Waals surface area contributed by atoms with Gasteiger partial charge in [0.15, 0.2) is 17.1 Å². The highest BCUT2D eigenvalue weighted by atomic mass is 19.3. The summed E-state index contributed by atoms with van der Waals surface area (Å²) >= 11 is 0. The number of carbonyl (C=O) groups is 1. The van der Waals surface area contributed by atoms with Gasteiger partial charge < -0.3 is 26.0 Å². The number of halogens is 2. The first kappa shape index (κ1) is 22.0. The van der Waals surface area contributed by atoms with Crippen LogP contribution in [0.15, 0.2) is 24.4 Å². The number of nitrogens with two attached hydrogens (primary N) is 1. The number of nitrogens with zero attached hydrogens (tertiary/aromatic N) is 2. The zero-order valence-electron chi connectivity index (χ0n) is 16.7. The van der Waals surface area contributed by atoms with Gasteiger partial charge in [-0.15, -0.1) is 0 Å². The van der Waals surface area contributed by atoms with Crippen molar-refractivity contribution >= 4 is 11.7 Å². The van der Waals surface area contributed by atoms with Crippen molar-refractivity contribution in [1.82, 2.24) is 15.3 Å². The lowest BCUT2D eigenvalue weighted by atomic mass is 9.91. The van der Waals surface area contributed by atoms with Crippen LogP contribution in [0.2, 0.25) is 0 Å². The molecule has 0 saturated carbocycles. The lowest BCUT2D eigenvalue weighted by Gasteiger charge is -2.26. The monoisotopic (exact) mass is 422 g/mol. The van der Waals surface area contributed by atoms with Crippen molar-refractivity contribution in [3.05, 3.63) is 41.2 Å². The Hall–Kier alpha value is -2.69. The Kier molecular flexibility index (Phi) is 6.02. The van der Waals surface area contributed by atoms with E-state index in [-0.39, 0.29) is 22.8 Å². The molecule has 1 unspecified atom stereocenters. The summed E-state index contributed by atoms with van der Waals surface area (Å²) in [6, 6.07) is 4.12. The number of rotatable bonds is 6. The Labute approximate surface area is 172 Å². The number of amides is 1. The van der Waals surface area contributed by atoms with Gasteiger partial charge in [-0.2, -0.15) is 0 Å². The van der Waals surface area contributed by atoms with Crippen LogP contribution in [-0.4, -0.2) is 57.9 Å². The fraction of sp³-hybridized carbons (Fsp3) is 0.450. The lowest BCUT2D eigenvalue weighted by Crippen LogP contribution is -2.46. The molecule has 3 rings (SSSR count). The van der Waals surface area contributed by atoms with Crippen LogP contribution in [0.25, 0.3) is 11.3 Å². The second-order valence-electron chi connectivity index (χ2n) is 7.72. The Bertz CT molecular complexity index is 950. The van der Waals surface area contributed by atoms with Gasteiger partial charge >= 0.3 is 0 Å². The highest BCUT2D eigenvalue weighted by Crippen LogP contribution is 2.32. The number of alkyl halides is 2. The first-order chi connectivity index (χ1) is 14.1. The zero-order valence-corrected chi connectivity index (χ0v) is 16.7. The summed E-state index contributed by atoms with van der Waals surface area (Å²) in [4.78, 5) is 21.1. The molecular weight excluding hydrogens is 398 g/mol. The number of carbonyl (C=O) groups excluding carboxylic acids is 1. The molecule has 1 aromatic carbocycles. The zero-order chi connectivity index (χ0) is 22.1. The molecule has 2 heterocycles. The molecule has 10 heteroatoms. The van der Waals surface area contributed by atoms with Crippen LogP contribution in [0.3, 0.4) is 0 Å². The third-order valence-electron chi connectivity index (χ3n) is 5.27. The normalized spacial score (nSPS) is 20.9. The second kappa shape index (κ2) is 8.21. The Morgan fingerprint density at radius 3 is 2.80 bits per heavy atom. The summed E-state index contributed by atoms with van der Waals surface area (Å²) in [5.41, 5.74) is 3.53. The summed E-state index contributed by atoms with van der Waals surface area (Å²) in [5, 5.41) is 22.3. The lowest BCUT2D eigenvalue weighted by molar-refractivity contribution is -0.129. The van der Waals surface area contributed by atoms with Gasteiger partial charge in [-0.25, -0.2) is 18.7 Å². The minimum Gasteiger partial charge on any atom is -0.393 e. The SMILES string of the molecule is Cc1ccc([C@](O)(CO)C(F)F)cc1-c1cnc(N)c(C(=O)NC2(C)CCOC2)n1. The van der Waals surface area contributed by atoms with E-state index in [0.29, 0.717) is 30.8 Å². The molecule has 0 spiro atoms. The number of hydrogen-bond donors (Lipinski definition) is 4. The summed E-state index contributed by atoms with van der Waals surface area (Å²) < 4.78 is 32.0. The van der Waals surface area contributed by atoms with Crippen LogP contribution in [0.1, 0.15) is 35.0 Å². The molecule has 1 aliphatic heterocycles. The van der Waals surface area contributed by atoms with Gasteiger partial charge in [0.05, 0.1) is 30.6 Å². The van der Waals surface area contributed by atoms with Gasteiger partial charge in [0.1, 0.15) is 0 Å². The first-order valence-corrected chi connectivity index (χ1v) is 9.35. The van der Waals surface area contributed by atoms with Gasteiger partial charge in [0, 0.05) is 12.2 Å². The molecule has 8 nitrogen and oxygen atoms in total. The van der Waals surface area contributed by atoms with Crippen LogP contribution in [0.4, 0.5) is 14.6 Å². The predicted octanol–water partition coefficient (Wildman–Crippen LogP) is 1.39. The van der Waals surface area contributed by atoms with E-state index in [1.807, 2.05) is 6.92 Å². The average molecular weight is 422 g/mol. The quantitative estimate of drug-likeness (QED) is 0.553. The molecule has 1 saturated heterocycles. The van der Waals surface area contributed by atoms with Gasteiger partial charge in [-0.3, -0.25) is 4.79 Å². The van der Waals surface area contributed by atoms with Crippen LogP contribution >= 0.6 is 0 Å². The van der Waals surface area contributed by atoms with E-state index in [0.717, 1.165) is 0 Å². The maximum Gasteiger partial charge on any atom is 0.274 e. The number of hydrogen-bond acceptors (Lipinski definition) is 7. The number of aliphatic hydroxyl groups excluding tert-OH is 1. The molecule has 162 valence electrons. The smallest absolute Gasteiger partial charge is 0.274 e. The fourth-order valence-electron chi connectivity index (χ4n) is 3.25. The van der Waals surface area contributed by atoms with Crippen molar-refractivity contribution in [1.29, 1.82) is 0 Å². The van der Waals surface area contributed by atoms with E-state index >= 15 is 0 Å². The molecule has 0 bridgehead atoms. The molecule has 0 aliphatic carbocycles. The molecule has 30 heavy (non-hydrogen) atoms. The van der Waals surface area contributed by atoms with E-state index in [1.54, 1.807) is 6.92 Å². The summed E-state index contributed by atoms with van der Waals surface area (Å²) in [5.74, 6) is -0.602. The number of ether oxygens (including phenoxy) is 1. The topological polar surface area (TPSA) is 131 Å². The van der Waals surface area contributed by atoms with Crippen LogP contribution in [0, 0.1) is 6.92 Å². The van der Waals surface area contributed by atoms with E-state index in [9.17, 15) is 23.8 Å². The van der Waals surface area contributed by atoms with Crippen LogP contribution in [0.5, 0.6) is 0 Å². The Morgan fingerprint density at radius 1 is 1.47 bits per heavy atom. The summed E-state index contributed by atoms with van der Waals surface area (Å²) in [6.07, 6.45) is -1.24. The second-order valence-corrected chi connectivity index (χ2v) is 7.72. The maximum absolute atomic E-state index is 13.3. The Balaban J connectivity index is 2.00. The van der Waals surface area contributed by atoms with Crippen molar-refractivity contribution in [2.24, 2.45) is 0 Å². The standard InChI is InChI=1S/C20H24F2N4O4/c1-11-3-4-12(20(29,9-27)18(21)22)7-13(11)14-8-24-16(23)15(25-14)17(28)26-19(2)5-6-30-10-19/h3-4,7-8,18,27,29H,5-6,9-10H2,1-2H3,(H2,23,24)(H,26,28)/t19?,20-/m1/s1. The highest BCUT2D eigenvalue weighted by Gasteiger charge is 2.39. The van der Waals surface area contributed by atoms with E-state index in [1.165, 1.54) is 24.4 Å². The summed E-state index contributed by atoms with van der Waals surface area (Å²) in [6.45, 7) is 3.30. The van der Waals surface area contributed by atoms with Crippen LogP contribution in [-0.2, 0) is 10.3 Å². The van der Waals surface area contributed by atoms with Crippen molar-refractivity contribution < 1.29 is 28.5 Å². The fourth-order valence-corrected chi connectivity index (χ4v) is 3.25. The molecule has 1 amide bonds. The largest absolute Gasteiger partial charge is 0.393 e. The van der Waals surface area contributed by atoms with Crippen molar-refractivity contribution in [2.75, 3.05) is 25.6 Å². The maximum atomic E-state index is 13.3. The van der Waals surface area contributed by atoms with Gasteiger partial charge in [-0.05, 0) is 37.5 Å². The molecule has 1 fully saturated rings. The minimum absolute atomic E-state index is 0.0768. The first-order valence-electron chi connectivity index (χ1n) is 9.35. The third-order valence-corrected chi connectivity index (χ3v) is 5.27. The number of aryl methyl sites for hydroxylation is 1. The third kappa shape index (κ3) is 4.11. The van der Waals surface area contributed by atoms with Crippen LogP contribution < -0.4 is 11.1 Å². The summed E-state index contributed by atoms with van der Waals surface area (Å²) in [7, 11) is 0. The minimum atomic E-state index is -3.20. The molecule has 1 aromatic heterocycles. The number of anilines is 1. The average Bonchev–Trinajstić information content (AvgIpc) is 3.13. The number of benzene rings is 1. The predicted molar refractivity (Wildman–Crippen MR) is 105 cm³/mol. The Morgan fingerprint density at radius 2 is 2.20 bits per heavy atom. The van der Waals surface area contributed by atoms with E-state index in [4.69, 9.17) is 10.5 Å². The van der Waals surface area contributed by atoms with Gasteiger partial charge in [0.2, 0.25) is 0 Å². The molecule has 5 N–H and O–H groups in total. The molecule has 2 aromatic rings. The molecular formula is C20H24F2N4O4. The number of aromatic nitrogens is 2.